The summed E-state index contributed by atoms with van der Waals surface area (Å²) in [5.41, 5.74) is 7.41. The first-order valence-corrected chi connectivity index (χ1v) is 5.37. The van der Waals surface area contributed by atoms with Gasteiger partial charge >= 0.3 is 0 Å². The molecule has 3 nitrogen and oxygen atoms in total. The summed E-state index contributed by atoms with van der Waals surface area (Å²) in [7, 11) is 1.66. The number of rotatable bonds is 5. The van der Waals surface area contributed by atoms with Gasteiger partial charge in [0, 0.05) is 17.8 Å². The zero-order valence-electron chi connectivity index (χ0n) is 9.71. The molecule has 0 amide bonds. The number of hydrogen-bond donors (Lipinski definition) is 2. The smallest absolute Gasteiger partial charge is 0.144 e. The summed E-state index contributed by atoms with van der Waals surface area (Å²) in [6.45, 7) is 4.34. The predicted octanol–water partition coefficient (Wildman–Crippen LogP) is 2.88. The van der Waals surface area contributed by atoms with Crippen molar-refractivity contribution in [2.24, 2.45) is 0 Å². The molecule has 0 bridgehead atoms. The van der Waals surface area contributed by atoms with E-state index >= 15 is 0 Å². The highest BCUT2D eigenvalue weighted by atomic mass is 16.5. The molecule has 0 radical (unpaired) electrons. The Morgan fingerprint density at radius 1 is 1.47 bits per heavy atom. The van der Waals surface area contributed by atoms with E-state index in [0.717, 1.165) is 23.5 Å². The van der Waals surface area contributed by atoms with E-state index in [1.54, 1.807) is 7.11 Å². The van der Waals surface area contributed by atoms with Gasteiger partial charge in [-0.05, 0) is 25.5 Å². The molecule has 0 aliphatic rings. The summed E-state index contributed by atoms with van der Waals surface area (Å²) in [6.07, 6.45) is 2.32. The molecule has 15 heavy (non-hydrogen) atoms. The lowest BCUT2D eigenvalue weighted by molar-refractivity contribution is 0.416. The Morgan fingerprint density at radius 3 is 2.80 bits per heavy atom. The quantitative estimate of drug-likeness (QED) is 0.731. The molecule has 1 rings (SSSR count). The number of benzene rings is 1. The van der Waals surface area contributed by atoms with E-state index in [-0.39, 0.29) is 0 Å². The summed E-state index contributed by atoms with van der Waals surface area (Å²) in [4.78, 5) is 0. The monoisotopic (exact) mass is 208 g/mol. The number of nitrogens with two attached hydrogens (primary N) is 1. The van der Waals surface area contributed by atoms with Crippen molar-refractivity contribution in [3.05, 3.63) is 18.2 Å². The summed E-state index contributed by atoms with van der Waals surface area (Å²) >= 11 is 0. The fourth-order valence-corrected chi connectivity index (χ4v) is 1.60. The summed E-state index contributed by atoms with van der Waals surface area (Å²) in [6, 6.07) is 6.12. The van der Waals surface area contributed by atoms with Gasteiger partial charge in [0.25, 0.3) is 0 Å². The lowest BCUT2D eigenvalue weighted by Crippen LogP contribution is -2.15. The van der Waals surface area contributed by atoms with Crippen molar-refractivity contribution in [1.82, 2.24) is 0 Å². The average Bonchev–Trinajstić information content (AvgIpc) is 2.21. The van der Waals surface area contributed by atoms with Crippen molar-refractivity contribution in [3.63, 3.8) is 0 Å². The van der Waals surface area contributed by atoms with E-state index in [1.807, 2.05) is 18.2 Å². The molecule has 0 fully saturated rings. The minimum atomic E-state index is 0.451. The molecule has 1 aromatic carbocycles. The van der Waals surface area contributed by atoms with E-state index in [4.69, 9.17) is 10.5 Å². The van der Waals surface area contributed by atoms with Crippen LogP contribution in [0.5, 0.6) is 5.75 Å². The lowest BCUT2D eigenvalue weighted by atomic mass is 10.1. The van der Waals surface area contributed by atoms with Crippen LogP contribution in [0.15, 0.2) is 18.2 Å². The van der Waals surface area contributed by atoms with Gasteiger partial charge in [-0.3, -0.25) is 0 Å². The molecule has 3 N–H and O–H groups in total. The van der Waals surface area contributed by atoms with Crippen molar-refractivity contribution >= 4 is 11.4 Å². The minimum absolute atomic E-state index is 0.451. The minimum Gasteiger partial charge on any atom is -0.495 e. The van der Waals surface area contributed by atoms with Crippen molar-refractivity contribution in [2.45, 2.75) is 32.7 Å². The van der Waals surface area contributed by atoms with E-state index < -0.39 is 0 Å². The first kappa shape index (κ1) is 11.7. The van der Waals surface area contributed by atoms with Crippen LogP contribution in [0.1, 0.15) is 26.7 Å². The normalized spacial score (nSPS) is 12.2. The number of methoxy groups -OCH3 is 1. The second-order valence-electron chi connectivity index (χ2n) is 3.79. The molecule has 84 valence electrons. The summed E-state index contributed by atoms with van der Waals surface area (Å²) < 4.78 is 5.26. The van der Waals surface area contributed by atoms with Crippen LogP contribution >= 0.6 is 0 Å². The van der Waals surface area contributed by atoms with Gasteiger partial charge < -0.3 is 15.8 Å². The van der Waals surface area contributed by atoms with Crippen LogP contribution in [0.25, 0.3) is 0 Å². The Bertz CT molecular complexity index is 312. The van der Waals surface area contributed by atoms with Gasteiger partial charge in [0.15, 0.2) is 0 Å². The van der Waals surface area contributed by atoms with Crippen LogP contribution in [-0.2, 0) is 0 Å². The first-order valence-electron chi connectivity index (χ1n) is 5.37. The predicted molar refractivity (Wildman–Crippen MR) is 65.4 cm³/mol. The molecule has 0 saturated carbocycles. The van der Waals surface area contributed by atoms with Crippen LogP contribution in [0.3, 0.4) is 0 Å². The molecule has 0 spiro atoms. The third kappa shape index (κ3) is 3.35. The fraction of sp³-hybridized carbons (Fsp3) is 0.500. The Hall–Kier alpha value is -1.38. The largest absolute Gasteiger partial charge is 0.495 e. The fourth-order valence-electron chi connectivity index (χ4n) is 1.60. The third-order valence-electron chi connectivity index (χ3n) is 2.35. The highest BCUT2D eigenvalue weighted by molar-refractivity contribution is 5.62. The van der Waals surface area contributed by atoms with Crippen LogP contribution in [0.4, 0.5) is 11.4 Å². The van der Waals surface area contributed by atoms with Gasteiger partial charge in [0.1, 0.15) is 5.75 Å². The van der Waals surface area contributed by atoms with E-state index in [1.165, 1.54) is 6.42 Å². The average molecular weight is 208 g/mol. The molecule has 0 saturated heterocycles. The van der Waals surface area contributed by atoms with Gasteiger partial charge in [-0.25, -0.2) is 0 Å². The number of ether oxygens (including phenoxy) is 1. The highest BCUT2D eigenvalue weighted by Crippen LogP contribution is 2.27. The highest BCUT2D eigenvalue weighted by Gasteiger charge is 2.06. The summed E-state index contributed by atoms with van der Waals surface area (Å²) in [5.74, 6) is 0.804. The van der Waals surface area contributed by atoms with Crippen molar-refractivity contribution in [1.29, 1.82) is 0 Å². The SMILES string of the molecule is CCCC(C)Nc1ccc(N)cc1OC. The molecule has 0 aromatic heterocycles. The number of nitrogens with one attached hydrogen (secondary N) is 1. The lowest BCUT2D eigenvalue weighted by Gasteiger charge is -2.17. The van der Waals surface area contributed by atoms with Gasteiger partial charge in [-0.15, -0.1) is 0 Å². The van der Waals surface area contributed by atoms with Gasteiger partial charge in [-0.1, -0.05) is 13.3 Å². The van der Waals surface area contributed by atoms with Gasteiger partial charge in [0.05, 0.1) is 12.8 Å². The number of hydrogen-bond acceptors (Lipinski definition) is 3. The van der Waals surface area contributed by atoms with Crippen molar-refractivity contribution < 1.29 is 4.74 Å². The van der Waals surface area contributed by atoms with Crippen molar-refractivity contribution in [3.8, 4) is 5.75 Å². The number of nitrogen functional groups attached to an aromatic ring is 1. The van der Waals surface area contributed by atoms with Crippen LogP contribution in [0, 0.1) is 0 Å². The topological polar surface area (TPSA) is 47.3 Å². The molecular weight excluding hydrogens is 188 g/mol. The maximum Gasteiger partial charge on any atom is 0.144 e. The van der Waals surface area contributed by atoms with Crippen LogP contribution in [0.2, 0.25) is 0 Å². The van der Waals surface area contributed by atoms with Gasteiger partial charge in [-0.2, -0.15) is 0 Å². The third-order valence-corrected chi connectivity index (χ3v) is 2.35. The molecule has 1 unspecified atom stereocenters. The summed E-state index contributed by atoms with van der Waals surface area (Å²) in [5, 5.41) is 3.41. The molecular formula is C12H20N2O. The Balaban J connectivity index is 2.75. The maximum atomic E-state index is 5.68. The van der Waals surface area contributed by atoms with Crippen molar-refractivity contribution in [2.75, 3.05) is 18.2 Å². The van der Waals surface area contributed by atoms with E-state index in [9.17, 15) is 0 Å². The zero-order valence-corrected chi connectivity index (χ0v) is 9.71. The maximum absolute atomic E-state index is 5.68. The zero-order chi connectivity index (χ0) is 11.3. The molecule has 0 aliphatic heterocycles. The molecule has 0 aliphatic carbocycles. The van der Waals surface area contributed by atoms with E-state index in [2.05, 4.69) is 19.2 Å². The second kappa shape index (κ2) is 5.49. The van der Waals surface area contributed by atoms with Crippen LogP contribution in [-0.4, -0.2) is 13.2 Å². The molecule has 1 atom stereocenters. The second-order valence-corrected chi connectivity index (χ2v) is 3.79. The Morgan fingerprint density at radius 2 is 2.20 bits per heavy atom. The standard InChI is InChI=1S/C12H20N2O/c1-4-5-9(2)14-11-7-6-10(13)8-12(11)15-3/h6-9,14H,4-5,13H2,1-3H3. The Labute approximate surface area is 91.6 Å². The molecule has 1 aromatic rings. The Kier molecular flexibility index (Phi) is 4.28. The molecule has 0 heterocycles. The van der Waals surface area contributed by atoms with E-state index in [0.29, 0.717) is 6.04 Å². The first-order chi connectivity index (χ1) is 7.17. The van der Waals surface area contributed by atoms with Gasteiger partial charge in [0.2, 0.25) is 0 Å². The molecule has 3 heteroatoms. The number of anilines is 2. The van der Waals surface area contributed by atoms with Crippen LogP contribution < -0.4 is 15.8 Å².